The topological polar surface area (TPSA) is 12.0 Å². The molecule has 0 amide bonds. The zero-order chi connectivity index (χ0) is 9.64. The fourth-order valence-electron chi connectivity index (χ4n) is 1.35. The van der Waals surface area contributed by atoms with E-state index in [4.69, 9.17) is 0 Å². The van der Waals surface area contributed by atoms with Crippen molar-refractivity contribution in [3.8, 4) is 0 Å². The smallest absolute Gasteiger partial charge is 0.0882 e. The highest BCUT2D eigenvalue weighted by molar-refractivity contribution is 7.14. The standard InChI is InChI=1S/C12H13NS/c1-2-5-11(6-3-1)8-9-13-12-7-4-10-14-12/h1-7,10,13H,8-9H2. The van der Waals surface area contributed by atoms with Crippen molar-refractivity contribution < 1.29 is 0 Å². The Balaban J connectivity index is 1.79. The summed E-state index contributed by atoms with van der Waals surface area (Å²) in [6.45, 7) is 1.00. The van der Waals surface area contributed by atoms with Gasteiger partial charge in [0.1, 0.15) is 0 Å². The van der Waals surface area contributed by atoms with Crippen LogP contribution in [0.5, 0.6) is 0 Å². The van der Waals surface area contributed by atoms with E-state index in [0.29, 0.717) is 0 Å². The summed E-state index contributed by atoms with van der Waals surface area (Å²) in [5.41, 5.74) is 1.39. The van der Waals surface area contributed by atoms with Crippen molar-refractivity contribution in [2.24, 2.45) is 0 Å². The number of anilines is 1. The molecule has 0 saturated heterocycles. The zero-order valence-electron chi connectivity index (χ0n) is 7.94. The molecule has 1 aromatic carbocycles. The molecule has 2 heteroatoms. The van der Waals surface area contributed by atoms with Crippen molar-refractivity contribution in [2.45, 2.75) is 6.42 Å². The Morgan fingerprint density at radius 3 is 2.57 bits per heavy atom. The molecule has 1 aromatic heterocycles. The van der Waals surface area contributed by atoms with Crippen LogP contribution in [-0.2, 0) is 6.42 Å². The third-order valence-electron chi connectivity index (χ3n) is 2.08. The summed E-state index contributed by atoms with van der Waals surface area (Å²) in [4.78, 5) is 0. The van der Waals surface area contributed by atoms with E-state index in [0.717, 1.165) is 13.0 Å². The molecule has 2 aromatic rings. The van der Waals surface area contributed by atoms with Crippen LogP contribution in [0.15, 0.2) is 47.8 Å². The molecule has 0 bridgehead atoms. The van der Waals surface area contributed by atoms with Crippen LogP contribution in [0, 0.1) is 0 Å². The van der Waals surface area contributed by atoms with E-state index in [2.05, 4.69) is 53.2 Å². The quantitative estimate of drug-likeness (QED) is 0.803. The van der Waals surface area contributed by atoms with Gasteiger partial charge in [-0.2, -0.15) is 0 Å². The minimum Gasteiger partial charge on any atom is -0.377 e. The first-order valence-corrected chi connectivity index (χ1v) is 5.64. The molecule has 0 atom stereocenters. The molecule has 0 unspecified atom stereocenters. The summed E-state index contributed by atoms with van der Waals surface area (Å²) in [6.07, 6.45) is 1.08. The second kappa shape index (κ2) is 4.82. The van der Waals surface area contributed by atoms with Crippen molar-refractivity contribution in [3.05, 3.63) is 53.4 Å². The summed E-state index contributed by atoms with van der Waals surface area (Å²) in [6, 6.07) is 14.7. The van der Waals surface area contributed by atoms with E-state index < -0.39 is 0 Å². The van der Waals surface area contributed by atoms with E-state index >= 15 is 0 Å². The van der Waals surface area contributed by atoms with E-state index in [9.17, 15) is 0 Å². The molecule has 1 heterocycles. The second-order valence-electron chi connectivity index (χ2n) is 3.14. The average Bonchev–Trinajstić information content (AvgIpc) is 2.72. The van der Waals surface area contributed by atoms with Crippen LogP contribution in [0.4, 0.5) is 5.00 Å². The Kier molecular flexibility index (Phi) is 3.19. The third kappa shape index (κ3) is 2.60. The van der Waals surface area contributed by atoms with Crippen LogP contribution in [-0.4, -0.2) is 6.54 Å². The van der Waals surface area contributed by atoms with Gasteiger partial charge < -0.3 is 5.32 Å². The molecule has 0 fully saturated rings. The van der Waals surface area contributed by atoms with Gasteiger partial charge in [-0.15, -0.1) is 11.3 Å². The average molecular weight is 203 g/mol. The maximum absolute atomic E-state index is 3.39. The Bertz CT molecular complexity index is 353. The summed E-state index contributed by atoms with van der Waals surface area (Å²) in [5.74, 6) is 0. The molecule has 0 aliphatic carbocycles. The van der Waals surface area contributed by atoms with Gasteiger partial charge in [0.25, 0.3) is 0 Å². The Morgan fingerprint density at radius 2 is 1.86 bits per heavy atom. The fourth-order valence-corrected chi connectivity index (χ4v) is 2.00. The largest absolute Gasteiger partial charge is 0.377 e. The zero-order valence-corrected chi connectivity index (χ0v) is 8.76. The summed E-state index contributed by atoms with van der Waals surface area (Å²) in [5, 5.41) is 6.73. The minimum atomic E-state index is 1.00. The number of thiophene rings is 1. The van der Waals surface area contributed by atoms with Crippen LogP contribution >= 0.6 is 11.3 Å². The van der Waals surface area contributed by atoms with Gasteiger partial charge in [0.15, 0.2) is 0 Å². The molecule has 0 radical (unpaired) electrons. The maximum Gasteiger partial charge on any atom is 0.0882 e. The number of hydrogen-bond acceptors (Lipinski definition) is 2. The lowest BCUT2D eigenvalue weighted by molar-refractivity contribution is 1.02. The van der Waals surface area contributed by atoms with Gasteiger partial charge >= 0.3 is 0 Å². The lowest BCUT2D eigenvalue weighted by atomic mass is 10.1. The highest BCUT2D eigenvalue weighted by Crippen LogP contribution is 2.14. The summed E-state index contributed by atoms with van der Waals surface area (Å²) in [7, 11) is 0. The van der Waals surface area contributed by atoms with Crippen molar-refractivity contribution in [1.29, 1.82) is 0 Å². The predicted octanol–water partition coefficient (Wildman–Crippen LogP) is 3.40. The van der Waals surface area contributed by atoms with Gasteiger partial charge in [-0.1, -0.05) is 30.3 Å². The molecule has 1 nitrogen and oxygen atoms in total. The third-order valence-corrected chi connectivity index (χ3v) is 2.90. The maximum atomic E-state index is 3.39. The van der Waals surface area contributed by atoms with E-state index in [-0.39, 0.29) is 0 Å². The summed E-state index contributed by atoms with van der Waals surface area (Å²) < 4.78 is 0. The van der Waals surface area contributed by atoms with Crippen molar-refractivity contribution in [1.82, 2.24) is 0 Å². The van der Waals surface area contributed by atoms with Crippen LogP contribution in [0.2, 0.25) is 0 Å². The van der Waals surface area contributed by atoms with Crippen LogP contribution in [0.1, 0.15) is 5.56 Å². The lowest BCUT2D eigenvalue weighted by Gasteiger charge is -2.02. The fraction of sp³-hybridized carbons (Fsp3) is 0.167. The second-order valence-corrected chi connectivity index (χ2v) is 4.09. The molecule has 0 saturated carbocycles. The first-order valence-electron chi connectivity index (χ1n) is 4.76. The van der Waals surface area contributed by atoms with Gasteiger partial charge in [0.05, 0.1) is 5.00 Å². The van der Waals surface area contributed by atoms with Gasteiger partial charge in [0.2, 0.25) is 0 Å². The van der Waals surface area contributed by atoms with E-state index in [1.807, 2.05) is 0 Å². The Labute approximate surface area is 88.4 Å². The van der Waals surface area contributed by atoms with Crippen LogP contribution in [0.3, 0.4) is 0 Å². The molecular weight excluding hydrogens is 190 g/mol. The first kappa shape index (κ1) is 9.28. The first-order chi connectivity index (χ1) is 6.95. The van der Waals surface area contributed by atoms with Crippen LogP contribution in [0.25, 0.3) is 0 Å². The molecule has 72 valence electrons. The normalized spacial score (nSPS) is 10.0. The number of nitrogens with one attached hydrogen (secondary N) is 1. The molecule has 1 N–H and O–H groups in total. The lowest BCUT2D eigenvalue weighted by Crippen LogP contribution is -2.02. The molecule has 2 rings (SSSR count). The number of rotatable bonds is 4. The van der Waals surface area contributed by atoms with Gasteiger partial charge in [0, 0.05) is 6.54 Å². The number of hydrogen-bond donors (Lipinski definition) is 1. The summed E-state index contributed by atoms with van der Waals surface area (Å²) >= 11 is 1.75. The Morgan fingerprint density at radius 1 is 1.00 bits per heavy atom. The van der Waals surface area contributed by atoms with Gasteiger partial charge in [-0.25, -0.2) is 0 Å². The van der Waals surface area contributed by atoms with E-state index in [1.54, 1.807) is 11.3 Å². The molecule has 0 aliphatic rings. The van der Waals surface area contributed by atoms with Crippen LogP contribution < -0.4 is 5.32 Å². The van der Waals surface area contributed by atoms with Crippen molar-refractivity contribution >= 4 is 16.3 Å². The Hall–Kier alpha value is -1.28. The molecular formula is C12H13NS. The predicted molar refractivity (Wildman–Crippen MR) is 63.0 cm³/mol. The SMILES string of the molecule is c1ccc(CCNc2cccs2)cc1. The molecule has 14 heavy (non-hydrogen) atoms. The monoisotopic (exact) mass is 203 g/mol. The van der Waals surface area contributed by atoms with Gasteiger partial charge in [-0.05, 0) is 29.5 Å². The highest BCUT2D eigenvalue weighted by Gasteiger charge is 1.92. The van der Waals surface area contributed by atoms with Crippen molar-refractivity contribution in [2.75, 3.05) is 11.9 Å². The minimum absolute atomic E-state index is 1.00. The number of benzene rings is 1. The van der Waals surface area contributed by atoms with E-state index in [1.165, 1.54) is 10.6 Å². The van der Waals surface area contributed by atoms with Crippen molar-refractivity contribution in [3.63, 3.8) is 0 Å². The highest BCUT2D eigenvalue weighted by atomic mass is 32.1. The molecule has 0 aliphatic heterocycles. The van der Waals surface area contributed by atoms with Gasteiger partial charge in [-0.3, -0.25) is 0 Å². The molecule has 0 spiro atoms.